The molecule has 0 unspecified atom stereocenters. The Bertz CT molecular complexity index is 532. The summed E-state index contributed by atoms with van der Waals surface area (Å²) in [6.07, 6.45) is 8.32. The molecule has 1 saturated carbocycles. The number of carbonyl (C=O) groups is 1. The van der Waals surface area contributed by atoms with Gasteiger partial charge in [-0.2, -0.15) is 0 Å². The second-order valence-corrected chi connectivity index (χ2v) is 7.29. The van der Waals surface area contributed by atoms with Crippen LogP contribution in [0, 0.1) is 5.92 Å². The molecule has 2 amide bonds. The maximum Gasteiger partial charge on any atom is 0.317 e. The standard InChI is InChI=1S/C20H30N2O3/c23-15-17-10-12-22(13-11-17)20(24)21-14-16-6-8-19(9-7-16)25-18-4-2-1-3-5-18/h6-9,17-18,23H,1-5,10-15H2,(H,21,24). The van der Waals surface area contributed by atoms with Crippen LogP contribution in [0.25, 0.3) is 0 Å². The zero-order valence-electron chi connectivity index (χ0n) is 15.0. The third-order valence-corrected chi connectivity index (χ3v) is 5.38. The third-order valence-electron chi connectivity index (χ3n) is 5.38. The number of nitrogens with zero attached hydrogens (tertiary/aromatic N) is 1. The average Bonchev–Trinajstić information content (AvgIpc) is 2.68. The minimum Gasteiger partial charge on any atom is -0.490 e. The number of piperidine rings is 1. The van der Waals surface area contributed by atoms with E-state index in [9.17, 15) is 4.79 Å². The van der Waals surface area contributed by atoms with E-state index >= 15 is 0 Å². The molecule has 0 aromatic heterocycles. The molecule has 1 aromatic rings. The Labute approximate surface area is 150 Å². The summed E-state index contributed by atoms with van der Waals surface area (Å²) in [6.45, 7) is 2.21. The molecule has 0 bridgehead atoms. The number of aliphatic hydroxyl groups is 1. The van der Waals surface area contributed by atoms with E-state index in [1.54, 1.807) is 0 Å². The number of amides is 2. The van der Waals surface area contributed by atoms with Gasteiger partial charge in [0.2, 0.25) is 0 Å². The predicted molar refractivity (Wildman–Crippen MR) is 97.6 cm³/mol. The normalized spacial score (nSPS) is 19.6. The van der Waals surface area contributed by atoms with Crippen LogP contribution in [-0.4, -0.2) is 41.8 Å². The Hall–Kier alpha value is -1.75. The first kappa shape index (κ1) is 18.1. The van der Waals surface area contributed by atoms with Crippen LogP contribution < -0.4 is 10.1 Å². The van der Waals surface area contributed by atoms with Gasteiger partial charge < -0.3 is 20.1 Å². The molecule has 3 rings (SSSR count). The maximum absolute atomic E-state index is 12.2. The fourth-order valence-corrected chi connectivity index (χ4v) is 3.67. The van der Waals surface area contributed by atoms with Crippen LogP contribution in [0.15, 0.2) is 24.3 Å². The number of urea groups is 1. The lowest BCUT2D eigenvalue weighted by atomic mass is 9.98. The van der Waals surface area contributed by atoms with Crippen molar-refractivity contribution in [1.29, 1.82) is 0 Å². The van der Waals surface area contributed by atoms with E-state index in [2.05, 4.69) is 5.32 Å². The molecule has 138 valence electrons. The molecule has 1 aliphatic heterocycles. The van der Waals surface area contributed by atoms with Crippen molar-refractivity contribution in [3.8, 4) is 5.75 Å². The summed E-state index contributed by atoms with van der Waals surface area (Å²) in [4.78, 5) is 14.1. The Morgan fingerprint density at radius 1 is 1.08 bits per heavy atom. The fourth-order valence-electron chi connectivity index (χ4n) is 3.67. The molecular weight excluding hydrogens is 316 g/mol. The van der Waals surface area contributed by atoms with Crippen LogP contribution in [0.5, 0.6) is 5.75 Å². The lowest BCUT2D eigenvalue weighted by molar-refractivity contribution is 0.137. The highest BCUT2D eigenvalue weighted by Crippen LogP contribution is 2.23. The molecule has 1 aliphatic carbocycles. The second-order valence-electron chi connectivity index (χ2n) is 7.29. The van der Waals surface area contributed by atoms with E-state index in [1.165, 1.54) is 19.3 Å². The molecule has 1 heterocycles. The highest BCUT2D eigenvalue weighted by Gasteiger charge is 2.22. The molecule has 0 radical (unpaired) electrons. The van der Waals surface area contributed by atoms with E-state index in [4.69, 9.17) is 9.84 Å². The lowest BCUT2D eigenvalue weighted by Gasteiger charge is -2.31. The van der Waals surface area contributed by atoms with E-state index < -0.39 is 0 Å². The first-order valence-electron chi connectivity index (χ1n) is 9.64. The van der Waals surface area contributed by atoms with Gasteiger partial charge in [0.25, 0.3) is 0 Å². The Morgan fingerprint density at radius 3 is 2.40 bits per heavy atom. The highest BCUT2D eigenvalue weighted by molar-refractivity contribution is 5.74. The largest absolute Gasteiger partial charge is 0.490 e. The number of benzene rings is 1. The van der Waals surface area contributed by atoms with Crippen molar-refractivity contribution in [2.24, 2.45) is 5.92 Å². The van der Waals surface area contributed by atoms with Gasteiger partial charge in [-0.15, -0.1) is 0 Å². The number of hydrogen-bond acceptors (Lipinski definition) is 3. The summed E-state index contributed by atoms with van der Waals surface area (Å²) in [5, 5.41) is 12.2. The van der Waals surface area contributed by atoms with Gasteiger partial charge >= 0.3 is 6.03 Å². The van der Waals surface area contributed by atoms with Crippen LogP contribution in [0.4, 0.5) is 4.79 Å². The van der Waals surface area contributed by atoms with Crippen LogP contribution in [0.3, 0.4) is 0 Å². The summed E-state index contributed by atoms with van der Waals surface area (Å²) in [5.41, 5.74) is 1.08. The summed E-state index contributed by atoms with van der Waals surface area (Å²) in [5.74, 6) is 1.27. The van der Waals surface area contributed by atoms with Crippen molar-refractivity contribution in [1.82, 2.24) is 10.2 Å². The van der Waals surface area contributed by atoms with Crippen molar-refractivity contribution >= 4 is 6.03 Å². The number of hydrogen-bond donors (Lipinski definition) is 2. The summed E-state index contributed by atoms with van der Waals surface area (Å²) in [7, 11) is 0. The van der Waals surface area contributed by atoms with Gasteiger partial charge in [0, 0.05) is 26.2 Å². The van der Waals surface area contributed by atoms with Crippen molar-refractivity contribution < 1.29 is 14.6 Å². The van der Waals surface area contributed by atoms with Gasteiger partial charge in [-0.3, -0.25) is 0 Å². The van der Waals surface area contributed by atoms with Gasteiger partial charge in [-0.25, -0.2) is 4.79 Å². The maximum atomic E-state index is 12.2. The molecule has 1 aromatic carbocycles. The zero-order chi connectivity index (χ0) is 17.5. The molecule has 5 nitrogen and oxygen atoms in total. The van der Waals surface area contributed by atoms with Gasteiger partial charge in [-0.1, -0.05) is 18.6 Å². The number of nitrogens with one attached hydrogen (secondary N) is 1. The summed E-state index contributed by atoms with van der Waals surface area (Å²) < 4.78 is 6.04. The van der Waals surface area contributed by atoms with Gasteiger partial charge in [-0.05, 0) is 62.1 Å². The molecule has 5 heteroatoms. The van der Waals surface area contributed by atoms with E-state index in [0.29, 0.717) is 18.6 Å². The first-order valence-corrected chi connectivity index (χ1v) is 9.64. The number of carbonyl (C=O) groups excluding carboxylic acids is 1. The molecule has 1 saturated heterocycles. The number of aliphatic hydroxyl groups excluding tert-OH is 1. The molecule has 0 atom stereocenters. The zero-order valence-corrected chi connectivity index (χ0v) is 15.0. The van der Waals surface area contributed by atoms with Gasteiger partial charge in [0.1, 0.15) is 5.75 Å². The van der Waals surface area contributed by atoms with Crippen molar-refractivity contribution in [2.75, 3.05) is 19.7 Å². The summed E-state index contributed by atoms with van der Waals surface area (Å²) >= 11 is 0. The number of likely N-dealkylation sites (tertiary alicyclic amines) is 1. The van der Waals surface area contributed by atoms with Crippen LogP contribution in [-0.2, 0) is 6.54 Å². The van der Waals surface area contributed by atoms with Crippen molar-refractivity contribution in [2.45, 2.75) is 57.6 Å². The average molecular weight is 346 g/mol. The molecular formula is C20H30N2O3. The summed E-state index contributed by atoms with van der Waals surface area (Å²) in [6, 6.07) is 8.04. The fraction of sp³-hybridized carbons (Fsp3) is 0.650. The minimum atomic E-state index is -0.0149. The van der Waals surface area contributed by atoms with E-state index in [0.717, 1.165) is 50.1 Å². The second kappa shape index (κ2) is 9.09. The molecule has 25 heavy (non-hydrogen) atoms. The Kier molecular flexibility index (Phi) is 6.56. The first-order chi connectivity index (χ1) is 12.2. The molecule has 2 N–H and O–H groups in total. The topological polar surface area (TPSA) is 61.8 Å². The Balaban J connectivity index is 1.41. The van der Waals surface area contributed by atoms with Crippen molar-refractivity contribution in [3.63, 3.8) is 0 Å². The SMILES string of the molecule is O=C(NCc1ccc(OC2CCCCC2)cc1)N1CCC(CO)CC1. The minimum absolute atomic E-state index is 0.0149. The number of ether oxygens (including phenoxy) is 1. The smallest absolute Gasteiger partial charge is 0.317 e. The highest BCUT2D eigenvalue weighted by atomic mass is 16.5. The van der Waals surface area contributed by atoms with Crippen LogP contribution >= 0.6 is 0 Å². The molecule has 2 aliphatic rings. The van der Waals surface area contributed by atoms with Gasteiger partial charge in [0.15, 0.2) is 0 Å². The monoisotopic (exact) mass is 346 g/mol. The quantitative estimate of drug-likeness (QED) is 0.860. The Morgan fingerprint density at radius 2 is 1.76 bits per heavy atom. The van der Waals surface area contributed by atoms with Crippen LogP contribution in [0.1, 0.15) is 50.5 Å². The van der Waals surface area contributed by atoms with Crippen molar-refractivity contribution in [3.05, 3.63) is 29.8 Å². The predicted octanol–water partition coefficient (Wildman–Crippen LogP) is 3.31. The third kappa shape index (κ3) is 5.36. The lowest BCUT2D eigenvalue weighted by Crippen LogP contribution is -2.44. The number of rotatable bonds is 5. The van der Waals surface area contributed by atoms with Crippen LogP contribution in [0.2, 0.25) is 0 Å². The van der Waals surface area contributed by atoms with E-state index in [1.807, 2.05) is 29.2 Å². The molecule has 2 fully saturated rings. The molecule has 0 spiro atoms. The van der Waals surface area contributed by atoms with Gasteiger partial charge in [0.05, 0.1) is 6.10 Å². The van der Waals surface area contributed by atoms with E-state index in [-0.39, 0.29) is 12.6 Å².